The zero-order chi connectivity index (χ0) is 17.6. The maximum absolute atomic E-state index is 11.7. The standard InChI is InChI=1S/C14H20Br2O7/c1-4-20-11(19)5-9-12(15)13(22-8(3)18)10(23-14(9)16)6-21-7(2)17/h9-10,12-14H,4-6H2,1-3H3/t9-,10-,12+,13-,14-/m1/s1. The number of hydrogen-bond donors (Lipinski definition) is 0. The van der Waals surface area contributed by atoms with Crippen LogP contribution in [0.2, 0.25) is 0 Å². The molecule has 1 fully saturated rings. The summed E-state index contributed by atoms with van der Waals surface area (Å²) in [5.74, 6) is -1.62. The van der Waals surface area contributed by atoms with E-state index in [1.165, 1.54) is 13.8 Å². The van der Waals surface area contributed by atoms with E-state index >= 15 is 0 Å². The molecule has 0 saturated carbocycles. The molecule has 0 amide bonds. The Kier molecular flexibility index (Phi) is 8.49. The molecule has 9 heteroatoms. The summed E-state index contributed by atoms with van der Waals surface area (Å²) in [6.45, 7) is 4.52. The Hall–Kier alpha value is -0.670. The number of ether oxygens (including phenoxy) is 4. The molecule has 0 bridgehead atoms. The molecule has 1 rings (SSSR count). The minimum atomic E-state index is -0.694. The lowest BCUT2D eigenvalue weighted by Gasteiger charge is -2.41. The molecule has 1 aliphatic heterocycles. The fraction of sp³-hybridized carbons (Fsp3) is 0.786. The van der Waals surface area contributed by atoms with Crippen LogP contribution < -0.4 is 0 Å². The summed E-state index contributed by atoms with van der Waals surface area (Å²) in [6, 6.07) is 0. The summed E-state index contributed by atoms with van der Waals surface area (Å²) in [7, 11) is 0. The lowest BCUT2D eigenvalue weighted by atomic mass is 9.92. The molecule has 1 saturated heterocycles. The van der Waals surface area contributed by atoms with E-state index in [2.05, 4.69) is 31.9 Å². The number of carbonyl (C=O) groups is 3. The molecule has 0 aliphatic carbocycles. The van der Waals surface area contributed by atoms with E-state index in [1.807, 2.05) is 0 Å². The van der Waals surface area contributed by atoms with Crippen molar-refractivity contribution in [2.45, 2.75) is 49.2 Å². The van der Waals surface area contributed by atoms with Crippen molar-refractivity contribution in [1.82, 2.24) is 0 Å². The maximum atomic E-state index is 11.7. The van der Waals surface area contributed by atoms with E-state index in [4.69, 9.17) is 18.9 Å². The quantitative estimate of drug-likeness (QED) is 0.340. The second-order valence-corrected chi connectivity index (χ2v) is 6.98. The van der Waals surface area contributed by atoms with Gasteiger partial charge in [-0.15, -0.1) is 0 Å². The molecule has 132 valence electrons. The predicted octanol–water partition coefficient (Wildman–Crippen LogP) is 1.93. The SMILES string of the molecule is CCOC(=O)C[C@@H]1[C@H](Br)[C@H](OC(C)=O)[C@@H](COC(C)=O)O[C@H]1Br. The van der Waals surface area contributed by atoms with Crippen LogP contribution in [0.3, 0.4) is 0 Å². The number of rotatable bonds is 6. The monoisotopic (exact) mass is 458 g/mol. The minimum absolute atomic E-state index is 0.0520. The molecule has 0 aromatic heterocycles. The summed E-state index contributed by atoms with van der Waals surface area (Å²) >= 11 is 6.86. The molecule has 0 aromatic carbocycles. The first-order valence-electron chi connectivity index (χ1n) is 7.16. The highest BCUT2D eigenvalue weighted by Crippen LogP contribution is 2.38. The molecule has 0 radical (unpaired) electrons. The zero-order valence-electron chi connectivity index (χ0n) is 13.1. The lowest BCUT2D eigenvalue weighted by molar-refractivity contribution is -0.178. The van der Waals surface area contributed by atoms with E-state index in [0.29, 0.717) is 0 Å². The first-order valence-corrected chi connectivity index (χ1v) is 8.99. The Balaban J connectivity index is 2.84. The molecule has 23 heavy (non-hydrogen) atoms. The van der Waals surface area contributed by atoms with Crippen molar-refractivity contribution in [2.24, 2.45) is 5.92 Å². The first kappa shape index (κ1) is 20.4. The number of alkyl halides is 2. The van der Waals surface area contributed by atoms with E-state index in [-0.39, 0.29) is 36.3 Å². The van der Waals surface area contributed by atoms with Gasteiger partial charge in [-0.1, -0.05) is 31.9 Å². The molecule has 0 N–H and O–H groups in total. The molecule has 0 unspecified atom stereocenters. The van der Waals surface area contributed by atoms with Gasteiger partial charge in [0, 0.05) is 19.8 Å². The smallest absolute Gasteiger partial charge is 0.306 e. The van der Waals surface area contributed by atoms with Crippen molar-refractivity contribution in [3.8, 4) is 0 Å². The van der Waals surface area contributed by atoms with Crippen LogP contribution in [-0.4, -0.2) is 53.2 Å². The second-order valence-electron chi connectivity index (χ2n) is 5.02. The fourth-order valence-electron chi connectivity index (χ4n) is 2.22. The van der Waals surface area contributed by atoms with Crippen molar-refractivity contribution in [1.29, 1.82) is 0 Å². The molecular formula is C14H20Br2O7. The van der Waals surface area contributed by atoms with Crippen LogP contribution in [0.5, 0.6) is 0 Å². The number of halogens is 2. The summed E-state index contributed by atoms with van der Waals surface area (Å²) in [5.41, 5.74) is 0. The van der Waals surface area contributed by atoms with Gasteiger partial charge in [-0.2, -0.15) is 0 Å². The highest BCUT2D eigenvalue weighted by atomic mass is 79.9. The summed E-state index contributed by atoms with van der Waals surface area (Å²) < 4.78 is 20.9. The number of carbonyl (C=O) groups excluding carboxylic acids is 3. The summed E-state index contributed by atoms with van der Waals surface area (Å²) in [4.78, 5) is 33.7. The first-order chi connectivity index (χ1) is 10.8. The van der Waals surface area contributed by atoms with Gasteiger partial charge in [0.25, 0.3) is 0 Å². The predicted molar refractivity (Wildman–Crippen MR) is 87.2 cm³/mol. The molecular weight excluding hydrogens is 440 g/mol. The van der Waals surface area contributed by atoms with Crippen molar-refractivity contribution in [3.63, 3.8) is 0 Å². The molecule has 0 spiro atoms. The van der Waals surface area contributed by atoms with Crippen LogP contribution in [0.25, 0.3) is 0 Å². The Bertz CT molecular complexity index is 443. The van der Waals surface area contributed by atoms with E-state index in [0.717, 1.165) is 0 Å². The highest BCUT2D eigenvalue weighted by molar-refractivity contribution is 9.10. The largest absolute Gasteiger partial charge is 0.466 e. The third-order valence-electron chi connectivity index (χ3n) is 3.19. The van der Waals surface area contributed by atoms with Crippen LogP contribution >= 0.6 is 31.9 Å². The summed E-state index contributed by atoms with van der Waals surface area (Å²) in [6.07, 6.45) is -1.24. The van der Waals surface area contributed by atoms with Gasteiger partial charge in [-0.25, -0.2) is 0 Å². The van der Waals surface area contributed by atoms with Crippen LogP contribution in [0.1, 0.15) is 27.2 Å². The van der Waals surface area contributed by atoms with Gasteiger partial charge in [0.1, 0.15) is 23.8 Å². The van der Waals surface area contributed by atoms with E-state index in [9.17, 15) is 14.4 Å². The molecule has 1 aliphatic rings. The van der Waals surface area contributed by atoms with Gasteiger partial charge in [-0.3, -0.25) is 14.4 Å². The lowest BCUT2D eigenvalue weighted by Crippen LogP contribution is -2.54. The van der Waals surface area contributed by atoms with E-state index < -0.39 is 29.2 Å². The molecule has 1 heterocycles. The average molecular weight is 460 g/mol. The van der Waals surface area contributed by atoms with Crippen molar-refractivity contribution in [2.75, 3.05) is 13.2 Å². The Morgan fingerprint density at radius 1 is 1.09 bits per heavy atom. The van der Waals surface area contributed by atoms with Gasteiger partial charge in [0.05, 0.1) is 17.9 Å². The van der Waals surface area contributed by atoms with Gasteiger partial charge < -0.3 is 18.9 Å². The Morgan fingerprint density at radius 3 is 2.26 bits per heavy atom. The van der Waals surface area contributed by atoms with E-state index in [1.54, 1.807) is 6.92 Å². The van der Waals surface area contributed by atoms with Crippen LogP contribution in [0.4, 0.5) is 0 Å². The highest BCUT2D eigenvalue weighted by Gasteiger charge is 2.47. The zero-order valence-corrected chi connectivity index (χ0v) is 16.3. The molecule has 0 aromatic rings. The minimum Gasteiger partial charge on any atom is -0.466 e. The average Bonchev–Trinajstić information content (AvgIpc) is 2.44. The van der Waals surface area contributed by atoms with Gasteiger partial charge in [0.15, 0.2) is 0 Å². The Labute approximate surface area is 151 Å². The fourth-order valence-corrected chi connectivity index (χ4v) is 4.34. The maximum Gasteiger partial charge on any atom is 0.306 e. The topological polar surface area (TPSA) is 88.1 Å². The third kappa shape index (κ3) is 6.39. The van der Waals surface area contributed by atoms with Crippen LogP contribution in [-0.2, 0) is 33.3 Å². The molecule has 7 nitrogen and oxygen atoms in total. The van der Waals surface area contributed by atoms with Crippen molar-refractivity contribution < 1.29 is 33.3 Å². The van der Waals surface area contributed by atoms with Crippen molar-refractivity contribution in [3.05, 3.63) is 0 Å². The van der Waals surface area contributed by atoms with Crippen LogP contribution in [0, 0.1) is 5.92 Å². The third-order valence-corrected chi connectivity index (χ3v) is 5.29. The summed E-state index contributed by atoms with van der Waals surface area (Å²) in [5, 5.41) is -0.483. The normalized spacial score (nSPS) is 30.4. The van der Waals surface area contributed by atoms with Gasteiger partial charge >= 0.3 is 17.9 Å². The van der Waals surface area contributed by atoms with Crippen LogP contribution in [0.15, 0.2) is 0 Å². The molecule has 5 atom stereocenters. The van der Waals surface area contributed by atoms with Gasteiger partial charge in [0.2, 0.25) is 0 Å². The number of hydrogen-bond acceptors (Lipinski definition) is 7. The van der Waals surface area contributed by atoms with Gasteiger partial charge in [-0.05, 0) is 6.92 Å². The van der Waals surface area contributed by atoms with Crippen molar-refractivity contribution >= 4 is 49.8 Å². The Morgan fingerprint density at radius 2 is 1.74 bits per heavy atom. The number of esters is 3. The second kappa shape index (κ2) is 9.58.